The van der Waals surface area contributed by atoms with Gasteiger partial charge in [-0.2, -0.15) is 5.10 Å². The molecule has 2 heterocycles. The molecule has 1 aromatic rings. The van der Waals surface area contributed by atoms with Gasteiger partial charge in [0, 0.05) is 38.4 Å². The second-order valence-electron chi connectivity index (χ2n) is 4.86. The highest BCUT2D eigenvalue weighted by molar-refractivity contribution is 5.97. The largest absolute Gasteiger partial charge is 0.396 e. The molecule has 1 amide bonds. The van der Waals surface area contributed by atoms with Crippen molar-refractivity contribution in [2.45, 2.75) is 26.8 Å². The Balaban J connectivity index is 2.08. The molecule has 1 aromatic heterocycles. The zero-order valence-corrected chi connectivity index (χ0v) is 11.6. The van der Waals surface area contributed by atoms with Gasteiger partial charge in [-0.1, -0.05) is 0 Å². The summed E-state index contributed by atoms with van der Waals surface area (Å²) in [5.41, 5.74) is 6.68. The Bertz CT molecular complexity index is 438. The highest BCUT2D eigenvalue weighted by atomic mass is 16.5. The smallest absolute Gasteiger partial charge is 0.276 e. The average Bonchev–Trinajstić information content (AvgIpc) is 3.04. The molecule has 106 valence electrons. The third kappa shape index (κ3) is 3.07. The topological polar surface area (TPSA) is 73.4 Å². The Morgan fingerprint density at radius 1 is 1.63 bits per heavy atom. The van der Waals surface area contributed by atoms with E-state index in [9.17, 15) is 4.79 Å². The van der Waals surface area contributed by atoms with Gasteiger partial charge in [-0.3, -0.25) is 9.48 Å². The van der Waals surface area contributed by atoms with E-state index in [0.29, 0.717) is 36.9 Å². The molecule has 19 heavy (non-hydrogen) atoms. The first-order chi connectivity index (χ1) is 9.15. The van der Waals surface area contributed by atoms with Crippen molar-refractivity contribution in [1.82, 2.24) is 14.7 Å². The molecular formula is C13H22N4O2. The van der Waals surface area contributed by atoms with Crippen molar-refractivity contribution in [3.63, 3.8) is 0 Å². The number of nitrogen functional groups attached to an aromatic ring is 1. The van der Waals surface area contributed by atoms with Crippen molar-refractivity contribution >= 4 is 11.6 Å². The summed E-state index contributed by atoms with van der Waals surface area (Å²) in [5, 5.41) is 4.24. The number of aryl methyl sites for hydroxylation is 1. The summed E-state index contributed by atoms with van der Waals surface area (Å²) < 4.78 is 7.04. The van der Waals surface area contributed by atoms with Crippen molar-refractivity contribution in [3.05, 3.63) is 11.9 Å². The Kier molecular flexibility index (Phi) is 4.42. The van der Waals surface area contributed by atoms with Crippen molar-refractivity contribution in [2.24, 2.45) is 5.92 Å². The molecule has 6 nitrogen and oxygen atoms in total. The third-order valence-electron chi connectivity index (χ3n) is 3.49. The van der Waals surface area contributed by atoms with Gasteiger partial charge >= 0.3 is 0 Å². The van der Waals surface area contributed by atoms with Gasteiger partial charge in [0.2, 0.25) is 0 Å². The van der Waals surface area contributed by atoms with Crippen LogP contribution in [0.3, 0.4) is 0 Å². The number of hydrogen-bond donors (Lipinski definition) is 1. The Labute approximate surface area is 113 Å². The normalized spacial score (nSPS) is 18.7. The van der Waals surface area contributed by atoms with E-state index in [1.807, 2.05) is 13.8 Å². The van der Waals surface area contributed by atoms with E-state index in [1.165, 1.54) is 0 Å². The van der Waals surface area contributed by atoms with Crippen molar-refractivity contribution < 1.29 is 9.53 Å². The molecule has 1 aliphatic rings. The summed E-state index contributed by atoms with van der Waals surface area (Å²) in [6.45, 7) is 7.56. The highest BCUT2D eigenvalue weighted by Crippen LogP contribution is 2.17. The molecule has 6 heteroatoms. The summed E-state index contributed by atoms with van der Waals surface area (Å²) in [7, 11) is 0. The molecule has 0 radical (unpaired) electrons. The molecule has 0 aromatic carbocycles. The molecule has 1 saturated heterocycles. The van der Waals surface area contributed by atoms with Crippen LogP contribution < -0.4 is 5.73 Å². The van der Waals surface area contributed by atoms with Crippen molar-refractivity contribution in [1.29, 1.82) is 0 Å². The fourth-order valence-corrected chi connectivity index (χ4v) is 2.31. The first-order valence-electron chi connectivity index (χ1n) is 6.85. The van der Waals surface area contributed by atoms with Gasteiger partial charge in [-0.05, 0) is 20.3 Å². The van der Waals surface area contributed by atoms with E-state index in [1.54, 1.807) is 15.8 Å². The molecule has 0 saturated carbocycles. The lowest BCUT2D eigenvalue weighted by atomic mass is 10.1. The molecule has 0 aliphatic carbocycles. The molecule has 1 unspecified atom stereocenters. The lowest BCUT2D eigenvalue weighted by Gasteiger charge is -2.23. The summed E-state index contributed by atoms with van der Waals surface area (Å²) in [6, 6.07) is 0. The van der Waals surface area contributed by atoms with Gasteiger partial charge in [0.1, 0.15) is 0 Å². The van der Waals surface area contributed by atoms with Gasteiger partial charge in [0.25, 0.3) is 5.91 Å². The lowest BCUT2D eigenvalue weighted by molar-refractivity contribution is 0.0725. The van der Waals surface area contributed by atoms with E-state index in [4.69, 9.17) is 10.5 Å². The fourth-order valence-electron chi connectivity index (χ4n) is 2.31. The van der Waals surface area contributed by atoms with Crippen LogP contribution in [0.4, 0.5) is 5.69 Å². The van der Waals surface area contributed by atoms with Crippen LogP contribution >= 0.6 is 0 Å². The maximum atomic E-state index is 12.4. The predicted molar refractivity (Wildman–Crippen MR) is 72.8 cm³/mol. The van der Waals surface area contributed by atoms with Crippen LogP contribution in [0.5, 0.6) is 0 Å². The molecule has 2 N–H and O–H groups in total. The summed E-state index contributed by atoms with van der Waals surface area (Å²) in [6.07, 6.45) is 2.72. The van der Waals surface area contributed by atoms with E-state index in [-0.39, 0.29) is 5.91 Å². The quantitative estimate of drug-likeness (QED) is 0.862. The number of anilines is 1. The minimum atomic E-state index is -0.0842. The van der Waals surface area contributed by atoms with E-state index >= 15 is 0 Å². The maximum absolute atomic E-state index is 12.4. The second-order valence-corrected chi connectivity index (χ2v) is 4.86. The SMILES string of the molecule is CCN(CC1CCOC1)C(=O)c1nn(CC)cc1N. The van der Waals surface area contributed by atoms with E-state index in [2.05, 4.69) is 5.10 Å². The van der Waals surface area contributed by atoms with Gasteiger partial charge < -0.3 is 15.4 Å². The first-order valence-corrected chi connectivity index (χ1v) is 6.85. The number of nitrogens with zero attached hydrogens (tertiary/aromatic N) is 3. The zero-order valence-electron chi connectivity index (χ0n) is 11.6. The van der Waals surface area contributed by atoms with Crippen LogP contribution in [0.2, 0.25) is 0 Å². The number of ether oxygens (including phenoxy) is 1. The van der Waals surface area contributed by atoms with E-state index in [0.717, 1.165) is 19.6 Å². The summed E-state index contributed by atoms with van der Waals surface area (Å²) >= 11 is 0. The Morgan fingerprint density at radius 3 is 2.95 bits per heavy atom. The highest BCUT2D eigenvalue weighted by Gasteiger charge is 2.25. The summed E-state index contributed by atoms with van der Waals surface area (Å²) in [5.74, 6) is 0.345. The standard InChI is InChI=1S/C13H22N4O2/c1-3-16(7-10-5-6-19-9-10)13(18)12-11(14)8-17(4-2)15-12/h8,10H,3-7,9,14H2,1-2H3. The average molecular weight is 266 g/mol. The molecule has 2 rings (SSSR count). The number of carbonyl (C=O) groups is 1. The fraction of sp³-hybridized carbons (Fsp3) is 0.692. The number of hydrogen-bond acceptors (Lipinski definition) is 4. The number of aromatic nitrogens is 2. The molecule has 0 bridgehead atoms. The van der Waals surface area contributed by atoms with Gasteiger partial charge in [-0.15, -0.1) is 0 Å². The van der Waals surface area contributed by atoms with Gasteiger partial charge in [0.05, 0.1) is 12.3 Å². The molecule has 1 atom stereocenters. The van der Waals surface area contributed by atoms with Crippen LogP contribution in [0.15, 0.2) is 6.20 Å². The number of rotatable bonds is 5. The second kappa shape index (κ2) is 6.06. The maximum Gasteiger partial charge on any atom is 0.276 e. The van der Waals surface area contributed by atoms with Crippen LogP contribution in [-0.4, -0.2) is 46.9 Å². The zero-order chi connectivity index (χ0) is 13.8. The van der Waals surface area contributed by atoms with E-state index < -0.39 is 0 Å². The summed E-state index contributed by atoms with van der Waals surface area (Å²) in [4.78, 5) is 14.2. The number of carbonyl (C=O) groups excluding carboxylic acids is 1. The van der Waals surface area contributed by atoms with Crippen LogP contribution in [0.25, 0.3) is 0 Å². The molecule has 0 spiro atoms. The number of nitrogens with two attached hydrogens (primary N) is 1. The Hall–Kier alpha value is -1.56. The third-order valence-corrected chi connectivity index (χ3v) is 3.49. The molecule has 1 fully saturated rings. The lowest BCUT2D eigenvalue weighted by Crippen LogP contribution is -2.36. The number of amides is 1. The molecule has 1 aliphatic heterocycles. The van der Waals surface area contributed by atoms with Crippen molar-refractivity contribution in [2.75, 3.05) is 32.0 Å². The minimum absolute atomic E-state index is 0.0842. The van der Waals surface area contributed by atoms with Crippen LogP contribution in [0.1, 0.15) is 30.8 Å². The van der Waals surface area contributed by atoms with Crippen molar-refractivity contribution in [3.8, 4) is 0 Å². The monoisotopic (exact) mass is 266 g/mol. The molecular weight excluding hydrogens is 244 g/mol. The Morgan fingerprint density at radius 2 is 2.42 bits per heavy atom. The minimum Gasteiger partial charge on any atom is -0.396 e. The van der Waals surface area contributed by atoms with Gasteiger partial charge in [-0.25, -0.2) is 0 Å². The van der Waals surface area contributed by atoms with Crippen LogP contribution in [0, 0.1) is 5.92 Å². The van der Waals surface area contributed by atoms with Crippen LogP contribution in [-0.2, 0) is 11.3 Å². The predicted octanol–water partition coefficient (Wildman–Crippen LogP) is 0.984. The van der Waals surface area contributed by atoms with Gasteiger partial charge in [0.15, 0.2) is 5.69 Å². The first kappa shape index (κ1) is 13.9.